The van der Waals surface area contributed by atoms with Gasteiger partial charge in [0.2, 0.25) is 11.8 Å². The molecule has 39 heavy (non-hydrogen) atoms. The van der Waals surface area contributed by atoms with E-state index in [4.69, 9.17) is 36.8 Å². The number of nitro groups is 1. The standard InChI is InChI=1S/C11H20N10O4.2C2HF3O2/c12-9(22)7(2-1-3-15-11(13)19-21(24)25)17-10(23)8-4-6(5-16-8)18-20-14;2*3-2(4,5)1(6)7/h6-8,16H,1-5H2,(H2,12,22)(H,17,23)(H3,13,15,19);2*(H,6,7)/t6?,7-,8+;;/m0../s1. The van der Waals surface area contributed by atoms with Crippen molar-refractivity contribution in [2.24, 2.45) is 21.6 Å². The second-order valence-corrected chi connectivity index (χ2v) is 6.90. The van der Waals surface area contributed by atoms with Crippen molar-refractivity contribution in [3.63, 3.8) is 0 Å². The molecule has 1 heterocycles. The summed E-state index contributed by atoms with van der Waals surface area (Å²) in [5.41, 5.74) is 20.6. The summed E-state index contributed by atoms with van der Waals surface area (Å²) < 4.78 is 63.5. The van der Waals surface area contributed by atoms with Crippen LogP contribution in [0.4, 0.5) is 26.3 Å². The number of halogens is 6. The molecule has 0 aromatic heterocycles. The smallest absolute Gasteiger partial charge is 0.475 e. The van der Waals surface area contributed by atoms with Crippen molar-refractivity contribution in [3.8, 4) is 0 Å². The Morgan fingerprint density at radius 1 is 1.13 bits per heavy atom. The van der Waals surface area contributed by atoms with Crippen molar-refractivity contribution in [2.45, 2.75) is 49.7 Å². The van der Waals surface area contributed by atoms with Crippen molar-refractivity contribution < 1.29 is 60.8 Å². The molecule has 1 saturated heterocycles. The van der Waals surface area contributed by atoms with Gasteiger partial charge in [0.25, 0.3) is 5.96 Å². The Balaban J connectivity index is 0. The van der Waals surface area contributed by atoms with E-state index in [-0.39, 0.29) is 25.0 Å². The fourth-order valence-corrected chi connectivity index (χ4v) is 2.26. The molecule has 0 radical (unpaired) electrons. The highest BCUT2D eigenvalue weighted by molar-refractivity contribution is 5.89. The predicted molar refractivity (Wildman–Crippen MR) is 114 cm³/mol. The van der Waals surface area contributed by atoms with Crippen LogP contribution in [0.5, 0.6) is 0 Å². The number of hydrogen-bond acceptors (Lipinski definition) is 9. The molecule has 0 saturated carbocycles. The van der Waals surface area contributed by atoms with E-state index in [2.05, 4.69) is 25.7 Å². The second kappa shape index (κ2) is 17.0. The lowest BCUT2D eigenvalue weighted by atomic mass is 10.1. The van der Waals surface area contributed by atoms with Gasteiger partial charge in [-0.2, -0.15) is 26.3 Å². The first kappa shape index (κ1) is 36.6. The highest BCUT2D eigenvalue weighted by Crippen LogP contribution is 2.14. The number of alkyl halides is 6. The van der Waals surface area contributed by atoms with Gasteiger partial charge in [-0.3, -0.25) is 9.59 Å². The Labute approximate surface area is 212 Å². The third-order valence-electron chi connectivity index (χ3n) is 3.92. The number of aliphatic carboxylic acids is 2. The lowest BCUT2D eigenvalue weighted by Gasteiger charge is -2.18. The van der Waals surface area contributed by atoms with Gasteiger partial charge in [0.15, 0.2) is 5.03 Å². The SMILES string of the molecule is O=C(O)C(F)(F)F.O=C(O)C(F)(F)F.[N-]=[N+]=NC1CN[C@@H](C(=O)N[C@@H](CCCN=C(N)N[N+](=O)[O-])C(N)=O)C1. The molecule has 3 atom stereocenters. The van der Waals surface area contributed by atoms with Crippen LogP contribution in [-0.2, 0) is 19.2 Å². The first-order valence-corrected chi connectivity index (χ1v) is 9.90. The van der Waals surface area contributed by atoms with Gasteiger partial charge in [-0.15, -0.1) is 0 Å². The minimum absolute atomic E-state index is 0.118. The Hall–Kier alpha value is -4.60. The van der Waals surface area contributed by atoms with E-state index < -0.39 is 53.2 Å². The molecule has 0 aromatic carbocycles. The van der Waals surface area contributed by atoms with E-state index in [1.165, 1.54) is 0 Å². The molecule has 1 unspecified atom stereocenters. The summed E-state index contributed by atoms with van der Waals surface area (Å²) in [7, 11) is 0. The number of carboxylic acid groups (broad SMARTS) is 2. The van der Waals surface area contributed by atoms with Gasteiger partial charge in [0.1, 0.15) is 6.04 Å². The molecule has 2 amide bonds. The topological polar surface area (TPSA) is 301 Å². The average Bonchev–Trinajstić information content (AvgIpc) is 3.23. The highest BCUT2D eigenvalue weighted by Gasteiger charge is 2.39. The molecule has 24 heteroatoms. The number of primary amides is 1. The van der Waals surface area contributed by atoms with E-state index in [1.807, 2.05) is 0 Å². The summed E-state index contributed by atoms with van der Waals surface area (Å²) in [6.45, 7) is 0.494. The predicted octanol–water partition coefficient (Wildman–Crippen LogP) is -0.860. The largest absolute Gasteiger partial charge is 0.490 e. The summed E-state index contributed by atoms with van der Waals surface area (Å²) in [4.78, 5) is 57.9. The number of aliphatic imine (C=N–C) groups is 1. The van der Waals surface area contributed by atoms with E-state index in [0.717, 1.165) is 0 Å². The van der Waals surface area contributed by atoms with Crippen LogP contribution < -0.4 is 27.5 Å². The van der Waals surface area contributed by atoms with Gasteiger partial charge >= 0.3 is 24.3 Å². The van der Waals surface area contributed by atoms with E-state index in [0.29, 0.717) is 19.4 Å². The minimum Gasteiger partial charge on any atom is -0.475 e. The molecule has 0 aliphatic carbocycles. The fraction of sp³-hybridized carbons (Fsp3) is 0.667. The maximum absolute atomic E-state index is 12.1. The minimum atomic E-state index is -5.08. The van der Waals surface area contributed by atoms with Crippen LogP contribution in [0.3, 0.4) is 0 Å². The van der Waals surface area contributed by atoms with Gasteiger partial charge in [-0.1, -0.05) is 10.5 Å². The van der Waals surface area contributed by atoms with Gasteiger partial charge in [0.05, 0.1) is 12.1 Å². The van der Waals surface area contributed by atoms with Crippen molar-refractivity contribution in [1.82, 2.24) is 16.1 Å². The van der Waals surface area contributed by atoms with Crippen molar-refractivity contribution in [2.75, 3.05) is 13.1 Å². The van der Waals surface area contributed by atoms with Crippen LogP contribution in [0, 0.1) is 10.1 Å². The summed E-state index contributed by atoms with van der Waals surface area (Å²) >= 11 is 0. The van der Waals surface area contributed by atoms with E-state index in [1.54, 1.807) is 5.43 Å². The second-order valence-electron chi connectivity index (χ2n) is 6.90. The molecule has 0 bridgehead atoms. The number of nitrogens with zero attached hydrogens (tertiary/aromatic N) is 5. The monoisotopic (exact) mass is 584 g/mol. The fourth-order valence-electron chi connectivity index (χ4n) is 2.26. The van der Waals surface area contributed by atoms with Crippen LogP contribution in [0.25, 0.3) is 10.4 Å². The Morgan fingerprint density at radius 2 is 1.62 bits per heavy atom. The zero-order valence-corrected chi connectivity index (χ0v) is 19.3. The lowest BCUT2D eigenvalue weighted by Crippen LogP contribution is -2.50. The molecular formula is C15H22F6N10O8. The molecule has 9 N–H and O–H groups in total. The number of guanidine groups is 1. The van der Waals surface area contributed by atoms with Crippen LogP contribution in [0.1, 0.15) is 19.3 Å². The van der Waals surface area contributed by atoms with Crippen molar-refractivity contribution in [1.29, 1.82) is 0 Å². The third-order valence-corrected chi connectivity index (χ3v) is 3.92. The first-order valence-electron chi connectivity index (χ1n) is 9.90. The Bertz CT molecular complexity index is 930. The average molecular weight is 584 g/mol. The first-order chi connectivity index (χ1) is 17.7. The zero-order valence-electron chi connectivity index (χ0n) is 19.3. The molecule has 222 valence electrons. The summed E-state index contributed by atoms with van der Waals surface area (Å²) in [5.74, 6) is -7.00. The number of hydrogen-bond donors (Lipinski definition) is 7. The number of carboxylic acids is 2. The summed E-state index contributed by atoms with van der Waals surface area (Å²) in [6, 6.07) is -1.80. The molecular weight excluding hydrogens is 562 g/mol. The molecule has 1 rings (SSSR count). The summed E-state index contributed by atoms with van der Waals surface area (Å²) in [5, 5.41) is 32.5. The summed E-state index contributed by atoms with van der Waals surface area (Å²) in [6.07, 6.45) is -9.31. The normalized spacial score (nSPS) is 17.5. The van der Waals surface area contributed by atoms with E-state index >= 15 is 0 Å². The Morgan fingerprint density at radius 3 is 2.00 bits per heavy atom. The van der Waals surface area contributed by atoms with Gasteiger partial charge in [-0.05, 0) is 24.8 Å². The van der Waals surface area contributed by atoms with E-state index in [9.17, 15) is 46.0 Å². The maximum atomic E-state index is 12.1. The number of nitrogens with one attached hydrogen (secondary N) is 3. The molecule has 0 spiro atoms. The van der Waals surface area contributed by atoms with Crippen molar-refractivity contribution in [3.05, 3.63) is 20.6 Å². The molecule has 18 nitrogen and oxygen atoms in total. The lowest BCUT2D eigenvalue weighted by molar-refractivity contribution is -0.525. The van der Waals surface area contributed by atoms with Gasteiger partial charge in [-0.25, -0.2) is 24.7 Å². The number of azide groups is 1. The quantitative estimate of drug-likeness (QED) is 0.0201. The van der Waals surface area contributed by atoms with Crippen molar-refractivity contribution >= 4 is 29.7 Å². The highest BCUT2D eigenvalue weighted by atomic mass is 19.4. The molecule has 0 aromatic rings. The maximum Gasteiger partial charge on any atom is 0.490 e. The zero-order chi connectivity index (χ0) is 31.0. The number of carbonyl (C=O) groups excluding carboxylic acids is 2. The molecule has 1 aliphatic rings. The number of amides is 2. The van der Waals surface area contributed by atoms with Gasteiger partial charge in [0, 0.05) is 18.0 Å². The number of carbonyl (C=O) groups is 4. The molecule has 1 fully saturated rings. The van der Waals surface area contributed by atoms with Crippen LogP contribution >= 0.6 is 0 Å². The van der Waals surface area contributed by atoms with Crippen LogP contribution in [0.2, 0.25) is 0 Å². The third kappa shape index (κ3) is 18.3. The Kier molecular flexibility index (Phi) is 15.9. The van der Waals surface area contributed by atoms with Gasteiger partial charge < -0.3 is 32.3 Å². The number of hydrazine groups is 1. The van der Waals surface area contributed by atoms with Crippen LogP contribution in [0.15, 0.2) is 10.1 Å². The molecule has 1 aliphatic heterocycles. The number of rotatable bonds is 9. The van der Waals surface area contributed by atoms with Crippen LogP contribution in [-0.4, -0.2) is 88.5 Å². The number of nitrogens with two attached hydrogens (primary N) is 2.